The fourth-order valence-corrected chi connectivity index (χ4v) is 6.64. The maximum absolute atomic E-state index is 14.8. The number of aromatic nitrogens is 4. The first-order chi connectivity index (χ1) is 20.9. The zero-order valence-corrected chi connectivity index (χ0v) is 25.2. The van der Waals surface area contributed by atoms with Crippen molar-refractivity contribution in [2.24, 2.45) is 0 Å². The van der Waals surface area contributed by atoms with E-state index in [2.05, 4.69) is 34.2 Å². The van der Waals surface area contributed by atoms with E-state index in [-0.39, 0.29) is 5.92 Å². The summed E-state index contributed by atoms with van der Waals surface area (Å²) >= 11 is 5.97. The van der Waals surface area contributed by atoms with Crippen molar-refractivity contribution in [3.8, 4) is 22.9 Å². The molecule has 0 saturated carbocycles. The Hall–Kier alpha value is -3.53. The third-order valence-electron chi connectivity index (χ3n) is 8.93. The van der Waals surface area contributed by atoms with Gasteiger partial charge in [-0.1, -0.05) is 23.7 Å². The fourth-order valence-electron chi connectivity index (χ4n) is 6.48. The zero-order valence-electron chi connectivity index (χ0n) is 24.4. The number of pyridine rings is 1. The second-order valence-electron chi connectivity index (χ2n) is 11.9. The lowest BCUT2D eigenvalue weighted by Gasteiger charge is -2.32. The van der Waals surface area contributed by atoms with Crippen molar-refractivity contribution in [1.29, 1.82) is 0 Å². The number of piperidine rings is 1. The molecule has 0 aliphatic carbocycles. The number of ether oxygens (including phenoxy) is 3. The number of aromatic amines is 1. The van der Waals surface area contributed by atoms with Crippen LogP contribution in [0.2, 0.25) is 5.02 Å². The van der Waals surface area contributed by atoms with E-state index in [1.807, 2.05) is 18.3 Å². The van der Waals surface area contributed by atoms with Crippen LogP contribution in [0.4, 0.5) is 4.39 Å². The molecular formula is C33H35ClFN5O3. The molecule has 0 amide bonds. The highest BCUT2D eigenvalue weighted by molar-refractivity contribution is 6.30. The van der Waals surface area contributed by atoms with Gasteiger partial charge in [0.15, 0.2) is 17.3 Å². The third-order valence-corrected chi connectivity index (χ3v) is 9.16. The Kier molecular flexibility index (Phi) is 7.57. The Morgan fingerprint density at radius 2 is 1.95 bits per heavy atom. The zero-order chi connectivity index (χ0) is 29.6. The molecule has 10 heteroatoms. The largest absolute Gasteiger partial charge is 0.444 e. The molecule has 224 valence electrons. The van der Waals surface area contributed by atoms with E-state index in [9.17, 15) is 4.39 Å². The van der Waals surface area contributed by atoms with Crippen LogP contribution in [0.25, 0.3) is 11.4 Å². The molecule has 2 atom stereocenters. The first-order valence-electron chi connectivity index (χ1n) is 15.0. The summed E-state index contributed by atoms with van der Waals surface area (Å²) in [6, 6.07) is 12.7. The Morgan fingerprint density at radius 1 is 1.09 bits per heavy atom. The summed E-state index contributed by atoms with van der Waals surface area (Å²) in [5, 5.41) is 7.90. The minimum atomic E-state index is -1.25. The molecule has 3 aliphatic heterocycles. The van der Waals surface area contributed by atoms with E-state index >= 15 is 0 Å². The molecule has 2 fully saturated rings. The first-order valence-corrected chi connectivity index (χ1v) is 15.4. The maximum atomic E-state index is 14.8. The lowest BCUT2D eigenvalue weighted by molar-refractivity contribution is -0.0712. The van der Waals surface area contributed by atoms with Crippen molar-refractivity contribution in [3.63, 3.8) is 0 Å². The summed E-state index contributed by atoms with van der Waals surface area (Å²) in [4.78, 5) is 12.0. The molecule has 1 N–H and O–H groups in total. The molecule has 1 unspecified atom stereocenters. The summed E-state index contributed by atoms with van der Waals surface area (Å²) in [5.41, 5.74) is 4.55. The molecule has 5 heterocycles. The Morgan fingerprint density at radius 3 is 2.72 bits per heavy atom. The predicted molar refractivity (Wildman–Crippen MR) is 161 cm³/mol. The van der Waals surface area contributed by atoms with Gasteiger partial charge in [-0.05, 0) is 87.5 Å². The lowest BCUT2D eigenvalue weighted by atomic mass is 9.88. The number of halogens is 2. The van der Waals surface area contributed by atoms with E-state index in [0.29, 0.717) is 40.4 Å². The van der Waals surface area contributed by atoms with Crippen LogP contribution in [-0.4, -0.2) is 51.4 Å². The molecule has 2 aromatic carbocycles. The molecule has 43 heavy (non-hydrogen) atoms. The van der Waals surface area contributed by atoms with Gasteiger partial charge < -0.3 is 14.2 Å². The highest BCUT2D eigenvalue weighted by atomic mass is 35.5. The normalized spacial score (nSPS) is 22.7. The van der Waals surface area contributed by atoms with Crippen molar-refractivity contribution in [2.45, 2.75) is 63.7 Å². The van der Waals surface area contributed by atoms with Crippen LogP contribution >= 0.6 is 11.6 Å². The molecule has 2 aromatic heterocycles. The maximum Gasteiger partial charge on any atom is 0.278 e. The number of hydrogen-bond donors (Lipinski definition) is 1. The molecule has 2 saturated heterocycles. The van der Waals surface area contributed by atoms with Crippen molar-refractivity contribution in [1.82, 2.24) is 25.1 Å². The Bertz CT molecular complexity index is 1630. The van der Waals surface area contributed by atoms with E-state index < -0.39 is 11.6 Å². The van der Waals surface area contributed by atoms with Crippen LogP contribution < -0.4 is 9.47 Å². The van der Waals surface area contributed by atoms with Crippen LogP contribution in [-0.2, 0) is 17.1 Å². The molecule has 4 aromatic rings. The number of hydrogen-bond acceptors (Lipinski definition) is 7. The van der Waals surface area contributed by atoms with Gasteiger partial charge in [-0.2, -0.15) is 5.10 Å². The number of nitrogens with one attached hydrogen (secondary N) is 1. The van der Waals surface area contributed by atoms with Gasteiger partial charge in [0.05, 0.1) is 17.9 Å². The molecule has 3 aliphatic rings. The van der Waals surface area contributed by atoms with Gasteiger partial charge in [0, 0.05) is 48.3 Å². The minimum Gasteiger partial charge on any atom is -0.444 e. The van der Waals surface area contributed by atoms with Crippen LogP contribution in [0.3, 0.4) is 0 Å². The molecule has 0 spiro atoms. The highest BCUT2D eigenvalue weighted by Gasteiger charge is 2.43. The average Bonchev–Trinajstić information content (AvgIpc) is 3.64. The van der Waals surface area contributed by atoms with Crippen LogP contribution in [0, 0.1) is 12.7 Å². The van der Waals surface area contributed by atoms with Crippen LogP contribution in [0.15, 0.2) is 48.7 Å². The van der Waals surface area contributed by atoms with Crippen LogP contribution in [0.1, 0.15) is 72.7 Å². The quantitative estimate of drug-likeness (QED) is 0.257. The van der Waals surface area contributed by atoms with Gasteiger partial charge in [0.1, 0.15) is 11.6 Å². The summed E-state index contributed by atoms with van der Waals surface area (Å²) in [7, 11) is 0. The van der Waals surface area contributed by atoms with Crippen molar-refractivity contribution in [3.05, 3.63) is 87.7 Å². The van der Waals surface area contributed by atoms with E-state index in [1.165, 1.54) is 6.07 Å². The van der Waals surface area contributed by atoms with E-state index in [0.717, 1.165) is 80.1 Å². The second kappa shape index (κ2) is 11.5. The average molecular weight is 604 g/mol. The molecule has 0 radical (unpaired) electrons. The summed E-state index contributed by atoms with van der Waals surface area (Å²) in [6.07, 6.45) is 5.96. The van der Waals surface area contributed by atoms with Gasteiger partial charge in [-0.3, -0.25) is 15.0 Å². The first kappa shape index (κ1) is 28.3. The number of aryl methyl sites for hydroxylation is 1. The molecule has 0 bridgehead atoms. The van der Waals surface area contributed by atoms with Gasteiger partial charge in [-0.25, -0.2) is 9.37 Å². The van der Waals surface area contributed by atoms with E-state index in [4.69, 9.17) is 35.8 Å². The number of rotatable bonds is 6. The molecular weight excluding hydrogens is 569 g/mol. The van der Waals surface area contributed by atoms with Gasteiger partial charge >= 0.3 is 0 Å². The fraction of sp³-hybridized carbons (Fsp3) is 0.424. The second-order valence-corrected chi connectivity index (χ2v) is 12.4. The lowest BCUT2D eigenvalue weighted by Crippen LogP contribution is -2.34. The smallest absolute Gasteiger partial charge is 0.278 e. The molecule has 8 nitrogen and oxygen atoms in total. The monoisotopic (exact) mass is 603 g/mol. The summed E-state index contributed by atoms with van der Waals surface area (Å²) < 4.78 is 32.9. The summed E-state index contributed by atoms with van der Waals surface area (Å²) in [5.74, 6) is 1.81. The van der Waals surface area contributed by atoms with Gasteiger partial charge in [0.25, 0.3) is 5.79 Å². The number of benzene rings is 2. The third kappa shape index (κ3) is 5.61. The topological polar surface area (TPSA) is 85.4 Å². The highest BCUT2D eigenvalue weighted by Crippen LogP contribution is 2.49. The SMILES string of the molecule is Cc1cc(-c2n[nH]c(C3CCCOC3)n2)cnc1CN1CCC(c2cccc3c2O[C@@](C)(c2ccc(Cl)cc2F)O3)CC1. The number of para-hydroxylation sites is 1. The van der Waals surface area contributed by atoms with E-state index in [1.54, 1.807) is 19.1 Å². The number of fused-ring (bicyclic) bond motifs is 1. The van der Waals surface area contributed by atoms with Gasteiger partial charge in [0.2, 0.25) is 0 Å². The Balaban J connectivity index is 0.994. The van der Waals surface area contributed by atoms with Crippen molar-refractivity contribution in [2.75, 3.05) is 26.3 Å². The van der Waals surface area contributed by atoms with Gasteiger partial charge in [-0.15, -0.1) is 0 Å². The number of H-pyrrole nitrogens is 1. The van der Waals surface area contributed by atoms with Crippen molar-refractivity contribution >= 4 is 11.6 Å². The summed E-state index contributed by atoms with van der Waals surface area (Å²) in [6.45, 7) is 8.04. The number of nitrogens with zero attached hydrogens (tertiary/aromatic N) is 4. The number of likely N-dealkylation sites (tertiary alicyclic amines) is 1. The predicted octanol–water partition coefficient (Wildman–Crippen LogP) is 6.89. The standard InChI is InChI=1S/C33H35ClFN5O3/c1-20-15-23(32-37-31(38-39-32)22-5-4-14-41-19-22)17-36-28(20)18-40-12-10-21(11-13-40)25-6-3-7-29-30(25)43-33(2,42-29)26-9-8-24(34)16-27(26)35/h3,6-9,15-17,21-22H,4-5,10-14,18-19H2,1-2H3,(H,37,38,39)/t22?,33-/m0/s1. The Labute approximate surface area is 255 Å². The van der Waals surface area contributed by atoms with Crippen LogP contribution in [0.5, 0.6) is 11.5 Å². The molecule has 7 rings (SSSR count). The minimum absolute atomic E-state index is 0.276. The van der Waals surface area contributed by atoms with Crippen molar-refractivity contribution < 1.29 is 18.6 Å².